The highest BCUT2D eigenvalue weighted by atomic mass is 32.1. The molecule has 2 heterocycles. The zero-order valence-electron chi connectivity index (χ0n) is 17.0. The fraction of sp³-hybridized carbons (Fsp3) is 0.333. The molecule has 0 unspecified atom stereocenters. The van der Waals surface area contributed by atoms with E-state index in [4.69, 9.17) is 4.99 Å². The highest BCUT2D eigenvalue weighted by Crippen LogP contribution is 2.39. The monoisotopic (exact) mass is 387 g/mol. The highest BCUT2D eigenvalue weighted by molar-refractivity contribution is 7.16. The molecule has 4 rings (SSSR count). The van der Waals surface area contributed by atoms with Gasteiger partial charge in [-0.15, -0.1) is 11.3 Å². The smallest absolute Gasteiger partial charge is 0.134 e. The van der Waals surface area contributed by atoms with E-state index in [2.05, 4.69) is 62.6 Å². The van der Waals surface area contributed by atoms with Crippen LogP contribution in [0.15, 0.2) is 29.3 Å². The van der Waals surface area contributed by atoms with Gasteiger partial charge in [0.2, 0.25) is 0 Å². The Balaban J connectivity index is 1.72. The van der Waals surface area contributed by atoms with E-state index in [1.165, 1.54) is 51.5 Å². The van der Waals surface area contributed by atoms with Crippen molar-refractivity contribution in [2.45, 2.75) is 53.4 Å². The van der Waals surface area contributed by atoms with Crippen molar-refractivity contribution in [3.05, 3.63) is 68.3 Å². The SMILES string of the molecule is Cc1cc(C)cc(-n2c(C)cc(C=Nc3sc4c(c3C#N)CCCC4)c2C)c1. The molecule has 0 saturated carbocycles. The number of nitriles is 1. The van der Waals surface area contributed by atoms with Crippen LogP contribution in [0.2, 0.25) is 0 Å². The zero-order valence-corrected chi connectivity index (χ0v) is 17.8. The number of hydrogen-bond acceptors (Lipinski definition) is 3. The van der Waals surface area contributed by atoms with Gasteiger partial charge in [-0.2, -0.15) is 5.26 Å². The van der Waals surface area contributed by atoms with Crippen LogP contribution >= 0.6 is 11.3 Å². The first-order chi connectivity index (χ1) is 13.5. The van der Waals surface area contributed by atoms with Crippen molar-refractivity contribution in [2.24, 2.45) is 4.99 Å². The summed E-state index contributed by atoms with van der Waals surface area (Å²) in [6, 6.07) is 11.2. The van der Waals surface area contributed by atoms with E-state index in [1.54, 1.807) is 11.3 Å². The molecule has 0 aliphatic heterocycles. The van der Waals surface area contributed by atoms with E-state index in [0.29, 0.717) is 0 Å². The van der Waals surface area contributed by atoms with Crippen LogP contribution in [0.3, 0.4) is 0 Å². The third-order valence-electron chi connectivity index (χ3n) is 5.52. The standard InChI is InChI=1S/C24H25N3S/c1-15-9-16(2)11-20(10-15)27-17(3)12-19(18(27)4)14-26-24-22(13-25)21-7-5-6-8-23(21)28-24/h9-12,14H,5-8H2,1-4H3. The van der Waals surface area contributed by atoms with Gasteiger partial charge in [-0.05, 0) is 88.3 Å². The summed E-state index contributed by atoms with van der Waals surface area (Å²) in [6.45, 7) is 8.53. The lowest BCUT2D eigenvalue weighted by Crippen LogP contribution is -2.00. The second-order valence-corrected chi connectivity index (χ2v) is 8.85. The topological polar surface area (TPSA) is 41.1 Å². The van der Waals surface area contributed by atoms with Gasteiger partial charge in [0.15, 0.2) is 0 Å². The van der Waals surface area contributed by atoms with Crippen molar-refractivity contribution in [1.29, 1.82) is 5.26 Å². The van der Waals surface area contributed by atoms with Crippen molar-refractivity contribution < 1.29 is 0 Å². The van der Waals surface area contributed by atoms with Crippen LogP contribution in [0.5, 0.6) is 0 Å². The van der Waals surface area contributed by atoms with Gasteiger partial charge in [-0.1, -0.05) is 6.07 Å². The largest absolute Gasteiger partial charge is 0.318 e. The number of aliphatic imine (C=N–C) groups is 1. The van der Waals surface area contributed by atoms with Crippen LogP contribution < -0.4 is 0 Å². The molecule has 1 aliphatic rings. The van der Waals surface area contributed by atoms with Gasteiger partial charge in [0, 0.05) is 33.7 Å². The van der Waals surface area contributed by atoms with E-state index in [9.17, 15) is 5.26 Å². The molecule has 0 radical (unpaired) electrons. The minimum Gasteiger partial charge on any atom is -0.318 e. The number of fused-ring (bicyclic) bond motifs is 1. The van der Waals surface area contributed by atoms with Crippen LogP contribution in [0, 0.1) is 39.0 Å². The van der Waals surface area contributed by atoms with E-state index in [1.807, 2.05) is 6.21 Å². The molecule has 0 atom stereocenters. The summed E-state index contributed by atoms with van der Waals surface area (Å²) < 4.78 is 2.28. The number of thiophene rings is 1. The Bertz CT molecular complexity index is 1100. The normalized spacial score (nSPS) is 13.7. The van der Waals surface area contributed by atoms with Crippen LogP contribution in [0.25, 0.3) is 5.69 Å². The van der Waals surface area contributed by atoms with Gasteiger partial charge in [0.05, 0.1) is 5.56 Å². The molecule has 4 heteroatoms. The molecule has 1 aliphatic carbocycles. The Labute approximate surface area is 171 Å². The average Bonchev–Trinajstić information content (AvgIpc) is 3.15. The molecule has 0 amide bonds. The predicted octanol–water partition coefficient (Wildman–Crippen LogP) is 6.27. The fourth-order valence-corrected chi connectivity index (χ4v) is 5.46. The third-order valence-corrected chi connectivity index (χ3v) is 6.72. The van der Waals surface area contributed by atoms with Gasteiger partial charge >= 0.3 is 0 Å². The molecule has 3 aromatic rings. The summed E-state index contributed by atoms with van der Waals surface area (Å²) in [5.41, 5.74) is 9.22. The Morgan fingerprint density at radius 3 is 2.46 bits per heavy atom. The van der Waals surface area contributed by atoms with Crippen LogP contribution in [0.1, 0.15) is 56.9 Å². The van der Waals surface area contributed by atoms with Crippen molar-refractivity contribution in [1.82, 2.24) is 4.57 Å². The van der Waals surface area contributed by atoms with Crippen LogP contribution in [-0.4, -0.2) is 10.8 Å². The number of aryl methyl sites for hydroxylation is 4. The maximum Gasteiger partial charge on any atom is 0.134 e. The van der Waals surface area contributed by atoms with Crippen molar-refractivity contribution >= 4 is 22.6 Å². The number of nitrogens with zero attached hydrogens (tertiary/aromatic N) is 3. The Morgan fingerprint density at radius 2 is 1.75 bits per heavy atom. The quantitative estimate of drug-likeness (QED) is 0.488. The molecule has 0 spiro atoms. The first-order valence-corrected chi connectivity index (χ1v) is 10.7. The molecule has 0 N–H and O–H groups in total. The van der Waals surface area contributed by atoms with Gasteiger partial charge in [0.25, 0.3) is 0 Å². The summed E-state index contributed by atoms with van der Waals surface area (Å²) in [4.78, 5) is 6.11. The fourth-order valence-electron chi connectivity index (χ4n) is 4.28. The Kier molecular flexibility index (Phi) is 4.95. The average molecular weight is 388 g/mol. The van der Waals surface area contributed by atoms with Gasteiger partial charge < -0.3 is 4.57 Å². The second-order valence-electron chi connectivity index (χ2n) is 7.77. The molecule has 2 aromatic heterocycles. The molecule has 0 bridgehead atoms. The predicted molar refractivity (Wildman–Crippen MR) is 118 cm³/mol. The Morgan fingerprint density at radius 1 is 1.04 bits per heavy atom. The minimum absolute atomic E-state index is 0.791. The zero-order chi connectivity index (χ0) is 19.8. The van der Waals surface area contributed by atoms with Crippen molar-refractivity contribution in [2.75, 3.05) is 0 Å². The molecule has 0 fully saturated rings. The number of hydrogen-bond donors (Lipinski definition) is 0. The Hall–Kier alpha value is -2.64. The molecular weight excluding hydrogens is 362 g/mol. The molecule has 3 nitrogen and oxygen atoms in total. The van der Waals surface area contributed by atoms with E-state index in [0.717, 1.165) is 29.0 Å². The lowest BCUT2D eigenvalue weighted by atomic mass is 9.96. The van der Waals surface area contributed by atoms with Crippen molar-refractivity contribution in [3.8, 4) is 11.8 Å². The minimum atomic E-state index is 0.791. The second kappa shape index (κ2) is 7.41. The van der Waals surface area contributed by atoms with E-state index in [-0.39, 0.29) is 0 Å². The maximum absolute atomic E-state index is 9.64. The molecule has 142 valence electrons. The van der Waals surface area contributed by atoms with Crippen molar-refractivity contribution in [3.63, 3.8) is 0 Å². The van der Waals surface area contributed by atoms with Gasteiger partial charge in [0.1, 0.15) is 11.1 Å². The molecule has 0 saturated heterocycles. The molecular formula is C24H25N3S. The highest BCUT2D eigenvalue weighted by Gasteiger charge is 2.20. The first kappa shape index (κ1) is 18.7. The summed E-state index contributed by atoms with van der Waals surface area (Å²) in [6.07, 6.45) is 6.44. The maximum atomic E-state index is 9.64. The summed E-state index contributed by atoms with van der Waals surface area (Å²) in [7, 11) is 0. The van der Waals surface area contributed by atoms with Gasteiger partial charge in [-0.3, -0.25) is 0 Å². The summed E-state index contributed by atoms with van der Waals surface area (Å²) in [5, 5.41) is 10.5. The number of rotatable bonds is 3. The van der Waals surface area contributed by atoms with Crippen LogP contribution in [-0.2, 0) is 12.8 Å². The van der Waals surface area contributed by atoms with Gasteiger partial charge in [-0.25, -0.2) is 4.99 Å². The lowest BCUT2D eigenvalue weighted by molar-refractivity contribution is 0.696. The molecule has 28 heavy (non-hydrogen) atoms. The number of benzene rings is 1. The third kappa shape index (κ3) is 3.31. The summed E-state index contributed by atoms with van der Waals surface area (Å²) in [5.74, 6) is 0. The first-order valence-electron chi connectivity index (χ1n) is 9.84. The number of aromatic nitrogens is 1. The van der Waals surface area contributed by atoms with Crippen LogP contribution in [0.4, 0.5) is 5.00 Å². The summed E-state index contributed by atoms with van der Waals surface area (Å²) >= 11 is 1.70. The van der Waals surface area contributed by atoms with E-state index >= 15 is 0 Å². The van der Waals surface area contributed by atoms with E-state index < -0.39 is 0 Å². The lowest BCUT2D eigenvalue weighted by Gasteiger charge is -2.11. The molecule has 1 aromatic carbocycles.